The molecular weight excluding hydrogens is 401 g/mol. The maximum Gasteiger partial charge on any atom is 0.573 e. The minimum Gasteiger partial charge on any atom is -0.444 e. The Labute approximate surface area is 162 Å². The van der Waals surface area contributed by atoms with Gasteiger partial charge in [-0.1, -0.05) is 0 Å². The highest BCUT2D eigenvalue weighted by molar-refractivity contribution is 7.89. The molecule has 1 amide bonds. The van der Waals surface area contributed by atoms with E-state index in [1.807, 2.05) is 0 Å². The molecule has 0 bridgehead atoms. The fourth-order valence-electron chi connectivity index (χ4n) is 2.74. The lowest BCUT2D eigenvalue weighted by Gasteiger charge is -2.39. The molecule has 28 heavy (non-hydrogen) atoms. The summed E-state index contributed by atoms with van der Waals surface area (Å²) in [5, 5.41) is 0. The van der Waals surface area contributed by atoms with Crippen LogP contribution in [0.25, 0.3) is 0 Å². The molecule has 0 aromatic heterocycles. The van der Waals surface area contributed by atoms with Crippen LogP contribution >= 0.6 is 0 Å². The third-order valence-electron chi connectivity index (χ3n) is 3.88. The zero-order valence-corrected chi connectivity index (χ0v) is 16.8. The second-order valence-corrected chi connectivity index (χ2v) is 9.30. The zero-order chi connectivity index (χ0) is 21.3. The first-order chi connectivity index (χ1) is 12.7. The number of benzene rings is 1. The van der Waals surface area contributed by atoms with Gasteiger partial charge in [-0.25, -0.2) is 13.2 Å². The summed E-state index contributed by atoms with van der Waals surface area (Å²) in [4.78, 5) is 13.4. The molecule has 1 aliphatic heterocycles. The Kier molecular flexibility index (Phi) is 6.19. The van der Waals surface area contributed by atoms with E-state index in [0.717, 1.165) is 24.3 Å². The summed E-state index contributed by atoms with van der Waals surface area (Å²) >= 11 is 0. The minimum atomic E-state index is -4.85. The summed E-state index contributed by atoms with van der Waals surface area (Å²) < 4.78 is 72.6. The second-order valence-electron chi connectivity index (χ2n) is 7.41. The molecule has 1 atom stereocenters. The molecule has 1 aromatic rings. The summed E-state index contributed by atoms with van der Waals surface area (Å²) in [6.45, 7) is 7.19. The van der Waals surface area contributed by atoms with E-state index in [-0.39, 0.29) is 24.5 Å². The molecule has 0 N–H and O–H groups in total. The van der Waals surface area contributed by atoms with Crippen molar-refractivity contribution in [1.29, 1.82) is 0 Å². The Bertz CT molecular complexity index is 804. The number of hydrogen-bond donors (Lipinski definition) is 0. The maximum atomic E-state index is 12.8. The number of alkyl halides is 3. The Morgan fingerprint density at radius 3 is 2.14 bits per heavy atom. The zero-order valence-electron chi connectivity index (χ0n) is 16.0. The van der Waals surface area contributed by atoms with Gasteiger partial charge in [-0.05, 0) is 52.0 Å². The van der Waals surface area contributed by atoms with Crippen LogP contribution in [0.1, 0.15) is 27.7 Å². The molecule has 1 heterocycles. The van der Waals surface area contributed by atoms with Gasteiger partial charge in [0.25, 0.3) is 0 Å². The lowest BCUT2D eigenvalue weighted by Crippen LogP contribution is -2.55. The summed E-state index contributed by atoms with van der Waals surface area (Å²) in [5.41, 5.74) is -0.663. The van der Waals surface area contributed by atoms with E-state index < -0.39 is 39.9 Å². The van der Waals surface area contributed by atoms with Crippen LogP contribution in [0.5, 0.6) is 5.75 Å². The molecule has 7 nitrogen and oxygen atoms in total. The molecule has 0 saturated carbocycles. The molecular formula is C17H23F3N2O5S. The fourth-order valence-corrected chi connectivity index (χ4v) is 4.35. The van der Waals surface area contributed by atoms with Gasteiger partial charge in [-0.15, -0.1) is 13.2 Å². The van der Waals surface area contributed by atoms with Crippen LogP contribution in [-0.4, -0.2) is 61.4 Å². The number of piperazine rings is 1. The van der Waals surface area contributed by atoms with E-state index in [4.69, 9.17) is 4.74 Å². The van der Waals surface area contributed by atoms with Crippen molar-refractivity contribution in [2.45, 2.75) is 50.6 Å². The minimum absolute atomic E-state index is 0.0452. The molecule has 1 fully saturated rings. The lowest BCUT2D eigenvalue weighted by atomic mass is 10.2. The number of halogens is 3. The van der Waals surface area contributed by atoms with Gasteiger partial charge in [0.15, 0.2) is 0 Å². The Balaban J connectivity index is 2.09. The van der Waals surface area contributed by atoms with Crippen molar-refractivity contribution in [3.8, 4) is 5.75 Å². The molecule has 1 aromatic carbocycles. The molecule has 11 heteroatoms. The predicted octanol–water partition coefficient (Wildman–Crippen LogP) is 3.22. The highest BCUT2D eigenvalue weighted by atomic mass is 32.2. The Morgan fingerprint density at radius 2 is 1.68 bits per heavy atom. The predicted molar refractivity (Wildman–Crippen MR) is 94.3 cm³/mol. The van der Waals surface area contributed by atoms with Crippen molar-refractivity contribution in [3.05, 3.63) is 24.3 Å². The largest absolute Gasteiger partial charge is 0.573 e. The summed E-state index contributed by atoms with van der Waals surface area (Å²) in [5.74, 6) is -0.505. The first-order valence-corrected chi connectivity index (χ1v) is 9.99. The average molecular weight is 424 g/mol. The molecule has 0 radical (unpaired) electrons. The topological polar surface area (TPSA) is 76.2 Å². The third-order valence-corrected chi connectivity index (χ3v) is 5.91. The van der Waals surface area contributed by atoms with Gasteiger partial charge in [0.1, 0.15) is 11.4 Å². The van der Waals surface area contributed by atoms with Gasteiger partial charge in [0.05, 0.1) is 4.90 Å². The molecule has 158 valence electrons. The summed E-state index contributed by atoms with van der Waals surface area (Å²) in [6, 6.07) is 3.48. The van der Waals surface area contributed by atoms with E-state index in [1.165, 1.54) is 9.21 Å². The average Bonchev–Trinajstić information content (AvgIpc) is 2.51. The number of sulfonamides is 1. The second kappa shape index (κ2) is 7.78. The molecule has 1 aliphatic rings. The van der Waals surface area contributed by atoms with Crippen molar-refractivity contribution >= 4 is 16.1 Å². The maximum absolute atomic E-state index is 12.8. The molecule has 0 aliphatic carbocycles. The molecule has 0 unspecified atom stereocenters. The highest BCUT2D eigenvalue weighted by Gasteiger charge is 2.37. The van der Waals surface area contributed by atoms with Crippen molar-refractivity contribution in [3.63, 3.8) is 0 Å². The van der Waals surface area contributed by atoms with Crippen LogP contribution in [-0.2, 0) is 14.8 Å². The van der Waals surface area contributed by atoms with Crippen molar-refractivity contribution in [1.82, 2.24) is 9.21 Å². The Hall–Kier alpha value is -2.01. The summed E-state index contributed by atoms with van der Waals surface area (Å²) in [7, 11) is -3.94. The smallest absolute Gasteiger partial charge is 0.444 e. The number of hydrogen-bond acceptors (Lipinski definition) is 5. The first kappa shape index (κ1) is 22.3. The highest BCUT2D eigenvalue weighted by Crippen LogP contribution is 2.27. The van der Waals surface area contributed by atoms with E-state index in [2.05, 4.69) is 4.74 Å². The normalized spacial score (nSPS) is 19.4. The first-order valence-electron chi connectivity index (χ1n) is 8.55. The lowest BCUT2D eigenvalue weighted by molar-refractivity contribution is -0.274. The number of ether oxygens (including phenoxy) is 2. The van der Waals surface area contributed by atoms with Crippen LogP contribution in [0, 0.1) is 0 Å². The van der Waals surface area contributed by atoms with Crippen LogP contribution in [0.4, 0.5) is 18.0 Å². The molecule has 0 spiro atoms. The van der Waals surface area contributed by atoms with E-state index in [9.17, 15) is 26.4 Å². The monoisotopic (exact) mass is 424 g/mol. The van der Waals surface area contributed by atoms with Crippen molar-refractivity contribution in [2.75, 3.05) is 19.6 Å². The van der Waals surface area contributed by atoms with E-state index >= 15 is 0 Å². The van der Waals surface area contributed by atoms with Gasteiger partial charge in [0, 0.05) is 25.7 Å². The molecule has 2 rings (SSSR count). The van der Waals surface area contributed by atoms with Crippen LogP contribution in [0.15, 0.2) is 29.2 Å². The third kappa shape index (κ3) is 5.74. The van der Waals surface area contributed by atoms with Crippen molar-refractivity contribution in [2.24, 2.45) is 0 Å². The summed E-state index contributed by atoms with van der Waals surface area (Å²) in [6.07, 6.45) is -5.38. The van der Waals surface area contributed by atoms with Crippen molar-refractivity contribution < 1.29 is 35.9 Å². The number of amides is 1. The number of rotatable bonds is 3. The SMILES string of the molecule is C[C@@H]1CN(C(=O)OC(C)(C)C)CCN1S(=O)(=O)c1ccc(OC(F)(F)F)cc1. The fraction of sp³-hybridized carbons (Fsp3) is 0.588. The van der Waals surface area contributed by atoms with Crippen LogP contribution in [0.2, 0.25) is 0 Å². The van der Waals surface area contributed by atoms with Gasteiger partial charge < -0.3 is 14.4 Å². The van der Waals surface area contributed by atoms with E-state index in [0.29, 0.717) is 0 Å². The van der Waals surface area contributed by atoms with Gasteiger partial charge in [0.2, 0.25) is 10.0 Å². The van der Waals surface area contributed by atoms with Gasteiger partial charge >= 0.3 is 12.5 Å². The standard InChI is InChI=1S/C17H23F3N2O5S/c1-12-11-21(15(23)27-16(2,3)4)9-10-22(12)28(24,25)14-7-5-13(6-8-14)26-17(18,19)20/h5-8,12H,9-11H2,1-4H3/t12-/m1/s1. The van der Waals surface area contributed by atoms with Gasteiger partial charge in [-0.3, -0.25) is 0 Å². The van der Waals surface area contributed by atoms with Crippen LogP contribution < -0.4 is 4.74 Å². The van der Waals surface area contributed by atoms with E-state index in [1.54, 1.807) is 27.7 Å². The number of carbonyl (C=O) groups excluding carboxylic acids is 1. The quantitative estimate of drug-likeness (QED) is 0.745. The number of nitrogens with zero attached hydrogens (tertiary/aromatic N) is 2. The molecule has 1 saturated heterocycles. The number of carbonyl (C=O) groups is 1. The van der Waals surface area contributed by atoms with Crippen LogP contribution in [0.3, 0.4) is 0 Å². The Morgan fingerprint density at radius 1 is 1.11 bits per heavy atom. The van der Waals surface area contributed by atoms with Gasteiger partial charge in [-0.2, -0.15) is 4.31 Å².